The van der Waals surface area contributed by atoms with Crippen LogP contribution in [0.1, 0.15) is 5.69 Å². The number of nitrogens with one attached hydrogen (secondary N) is 1. The van der Waals surface area contributed by atoms with Gasteiger partial charge in [-0.2, -0.15) is 5.10 Å². The van der Waals surface area contributed by atoms with E-state index >= 15 is 0 Å². The number of aliphatic hydroxyl groups is 1. The van der Waals surface area contributed by atoms with Crippen LogP contribution in [0.25, 0.3) is 0 Å². The highest BCUT2D eigenvalue weighted by Gasteiger charge is 2.19. The molecular weight excluding hydrogens is 308 g/mol. The average Bonchev–Trinajstić information content (AvgIpc) is 2.94. The van der Waals surface area contributed by atoms with Crippen LogP contribution < -0.4 is 5.32 Å². The Bertz CT molecular complexity index is 621. The number of aromatic nitrogens is 3. The van der Waals surface area contributed by atoms with Crippen molar-refractivity contribution in [1.29, 1.82) is 0 Å². The molecule has 0 atom stereocenters. The van der Waals surface area contributed by atoms with E-state index in [1.807, 2.05) is 12.1 Å². The van der Waals surface area contributed by atoms with E-state index in [1.54, 1.807) is 18.3 Å². The Morgan fingerprint density at radius 3 is 2.83 bits per heavy atom. The molecule has 2 heterocycles. The molecule has 9 heteroatoms. The van der Waals surface area contributed by atoms with Crippen molar-refractivity contribution in [2.45, 2.75) is 13.0 Å². The Labute approximate surface area is 131 Å². The van der Waals surface area contributed by atoms with Gasteiger partial charge in [0.25, 0.3) is 6.43 Å². The smallest absolute Gasteiger partial charge is 0.323 e. The fourth-order valence-electron chi connectivity index (χ4n) is 1.96. The lowest BCUT2D eigenvalue weighted by Gasteiger charge is -2.21. The highest BCUT2D eigenvalue weighted by molar-refractivity contribution is 5.88. The molecule has 2 rings (SSSR count). The zero-order valence-corrected chi connectivity index (χ0v) is 12.3. The van der Waals surface area contributed by atoms with Crippen molar-refractivity contribution in [1.82, 2.24) is 19.7 Å². The number of amides is 2. The number of rotatable bonds is 7. The lowest BCUT2D eigenvalue weighted by atomic mass is 10.3. The lowest BCUT2D eigenvalue weighted by molar-refractivity contribution is 0.0942. The van der Waals surface area contributed by atoms with E-state index in [1.165, 1.54) is 10.9 Å². The van der Waals surface area contributed by atoms with Gasteiger partial charge in [0.1, 0.15) is 5.82 Å². The number of pyridine rings is 1. The molecule has 124 valence electrons. The number of anilines is 1. The van der Waals surface area contributed by atoms with Gasteiger partial charge in [-0.25, -0.2) is 18.3 Å². The van der Waals surface area contributed by atoms with Gasteiger partial charge in [-0.15, -0.1) is 0 Å². The maximum absolute atomic E-state index is 12.5. The number of alkyl halides is 2. The third kappa shape index (κ3) is 4.99. The molecule has 2 amide bonds. The Morgan fingerprint density at radius 1 is 1.35 bits per heavy atom. The van der Waals surface area contributed by atoms with E-state index in [0.717, 1.165) is 10.6 Å². The summed E-state index contributed by atoms with van der Waals surface area (Å²) in [5.74, 6) is 0.359. The number of hydrogen-bond acceptors (Lipinski definition) is 4. The number of carbonyl (C=O) groups excluding carboxylic acids is 1. The van der Waals surface area contributed by atoms with E-state index in [0.29, 0.717) is 12.4 Å². The van der Waals surface area contributed by atoms with Crippen molar-refractivity contribution in [3.05, 3.63) is 42.4 Å². The first-order chi connectivity index (χ1) is 11.1. The molecule has 0 unspecified atom stereocenters. The van der Waals surface area contributed by atoms with Gasteiger partial charge in [-0.05, 0) is 12.1 Å². The van der Waals surface area contributed by atoms with Crippen LogP contribution >= 0.6 is 0 Å². The van der Waals surface area contributed by atoms with Gasteiger partial charge in [0, 0.05) is 18.8 Å². The minimum absolute atomic E-state index is 0.176. The van der Waals surface area contributed by atoms with Gasteiger partial charge >= 0.3 is 6.03 Å². The third-order valence-electron chi connectivity index (χ3n) is 3.00. The molecule has 2 aromatic heterocycles. The molecule has 2 N–H and O–H groups in total. The second-order valence-electron chi connectivity index (χ2n) is 4.69. The van der Waals surface area contributed by atoms with Crippen LogP contribution in [-0.2, 0) is 6.54 Å². The summed E-state index contributed by atoms with van der Waals surface area (Å²) < 4.78 is 26.5. The Hall–Kier alpha value is -2.55. The molecular formula is C14H17F2N5O2. The Kier molecular flexibility index (Phi) is 5.98. The van der Waals surface area contributed by atoms with E-state index < -0.39 is 25.6 Å². The number of aliphatic hydroxyl groups excluding tert-OH is 1. The molecule has 0 spiro atoms. The molecule has 7 nitrogen and oxygen atoms in total. The van der Waals surface area contributed by atoms with Gasteiger partial charge < -0.3 is 10.0 Å². The van der Waals surface area contributed by atoms with Gasteiger partial charge in [-0.3, -0.25) is 10.3 Å². The van der Waals surface area contributed by atoms with Crippen LogP contribution in [0.4, 0.5) is 19.4 Å². The molecule has 0 aromatic carbocycles. The number of carbonyl (C=O) groups is 1. The number of hydrogen-bond donors (Lipinski definition) is 2. The molecule has 0 aliphatic rings. The number of nitrogens with zero attached hydrogens (tertiary/aromatic N) is 4. The number of urea groups is 1. The minimum atomic E-state index is -2.68. The van der Waals surface area contributed by atoms with Crippen LogP contribution in [0.5, 0.6) is 0 Å². The average molecular weight is 325 g/mol. The summed E-state index contributed by atoms with van der Waals surface area (Å²) >= 11 is 0. The van der Waals surface area contributed by atoms with Gasteiger partial charge in [0.15, 0.2) is 0 Å². The summed E-state index contributed by atoms with van der Waals surface area (Å²) in [4.78, 5) is 17.1. The monoisotopic (exact) mass is 325 g/mol. The molecule has 2 aromatic rings. The normalized spacial score (nSPS) is 10.8. The molecule has 0 saturated carbocycles. The van der Waals surface area contributed by atoms with E-state index in [2.05, 4.69) is 15.4 Å². The summed E-state index contributed by atoms with van der Waals surface area (Å²) in [6.07, 6.45) is 0.454. The summed E-state index contributed by atoms with van der Waals surface area (Å²) in [5.41, 5.74) is 0.742. The van der Waals surface area contributed by atoms with Gasteiger partial charge in [0.2, 0.25) is 0 Å². The van der Waals surface area contributed by atoms with Crippen LogP contribution in [0.2, 0.25) is 0 Å². The molecule has 0 saturated heterocycles. The quantitative estimate of drug-likeness (QED) is 0.806. The standard InChI is InChI=1S/C14H17F2N5O2/c15-12(16)10-20(7-8-22)14(23)19-13-4-6-18-21(13)9-11-3-1-2-5-17-11/h1-6,12,22H,7-10H2,(H,19,23). The number of halogens is 2. The Morgan fingerprint density at radius 2 is 2.17 bits per heavy atom. The fourth-order valence-corrected chi connectivity index (χ4v) is 1.96. The highest BCUT2D eigenvalue weighted by Crippen LogP contribution is 2.10. The second kappa shape index (κ2) is 8.18. The van der Waals surface area contributed by atoms with Crippen LogP contribution in [0.3, 0.4) is 0 Å². The summed E-state index contributed by atoms with van der Waals surface area (Å²) in [6, 6.07) is 6.26. The topological polar surface area (TPSA) is 83.3 Å². The van der Waals surface area contributed by atoms with Crippen LogP contribution in [-0.4, -0.2) is 56.9 Å². The first-order valence-corrected chi connectivity index (χ1v) is 6.97. The lowest BCUT2D eigenvalue weighted by Crippen LogP contribution is -2.40. The fraction of sp³-hybridized carbons (Fsp3) is 0.357. The minimum Gasteiger partial charge on any atom is -0.395 e. The first kappa shape index (κ1) is 16.8. The molecule has 0 fully saturated rings. The van der Waals surface area contributed by atoms with Crippen molar-refractivity contribution in [3.63, 3.8) is 0 Å². The van der Waals surface area contributed by atoms with Crippen LogP contribution in [0.15, 0.2) is 36.7 Å². The zero-order valence-electron chi connectivity index (χ0n) is 12.3. The van der Waals surface area contributed by atoms with Crippen molar-refractivity contribution in [3.8, 4) is 0 Å². The second-order valence-corrected chi connectivity index (χ2v) is 4.69. The van der Waals surface area contributed by atoms with Gasteiger partial charge in [0.05, 0.1) is 31.6 Å². The SMILES string of the molecule is O=C(Nc1ccnn1Cc1ccccn1)N(CCO)CC(F)F. The van der Waals surface area contributed by atoms with Crippen LogP contribution in [0, 0.1) is 0 Å². The molecule has 0 aliphatic carbocycles. The predicted molar refractivity (Wildman–Crippen MR) is 79.2 cm³/mol. The highest BCUT2D eigenvalue weighted by atomic mass is 19.3. The van der Waals surface area contributed by atoms with Gasteiger partial charge in [-0.1, -0.05) is 6.07 Å². The van der Waals surface area contributed by atoms with E-state index in [9.17, 15) is 13.6 Å². The summed E-state index contributed by atoms with van der Waals surface area (Å²) in [5, 5.41) is 15.5. The van der Waals surface area contributed by atoms with E-state index in [-0.39, 0.29) is 6.54 Å². The van der Waals surface area contributed by atoms with Crippen molar-refractivity contribution in [2.24, 2.45) is 0 Å². The Balaban J connectivity index is 2.05. The molecule has 23 heavy (non-hydrogen) atoms. The third-order valence-corrected chi connectivity index (χ3v) is 3.00. The van der Waals surface area contributed by atoms with E-state index in [4.69, 9.17) is 5.11 Å². The molecule has 0 bridgehead atoms. The summed E-state index contributed by atoms with van der Waals surface area (Å²) in [6.45, 7) is -0.989. The van der Waals surface area contributed by atoms with Crippen molar-refractivity contribution < 1.29 is 18.7 Å². The maximum atomic E-state index is 12.5. The summed E-state index contributed by atoms with van der Waals surface area (Å²) in [7, 11) is 0. The maximum Gasteiger partial charge on any atom is 0.323 e. The van der Waals surface area contributed by atoms with Crippen molar-refractivity contribution in [2.75, 3.05) is 25.0 Å². The molecule has 0 radical (unpaired) electrons. The molecule has 0 aliphatic heterocycles. The van der Waals surface area contributed by atoms with Crippen molar-refractivity contribution >= 4 is 11.8 Å². The first-order valence-electron chi connectivity index (χ1n) is 6.97. The largest absolute Gasteiger partial charge is 0.395 e. The predicted octanol–water partition coefficient (Wildman–Crippen LogP) is 1.42. The zero-order chi connectivity index (χ0) is 16.7.